The molecule has 1 aliphatic heterocycles. The Morgan fingerprint density at radius 1 is 1.48 bits per heavy atom. The largest absolute Gasteiger partial charge is 0.397 e. The Morgan fingerprint density at radius 2 is 2.14 bits per heavy atom. The summed E-state index contributed by atoms with van der Waals surface area (Å²) in [7, 11) is -2.36. The van der Waals surface area contributed by atoms with Crippen LogP contribution in [-0.4, -0.2) is 43.4 Å². The summed E-state index contributed by atoms with van der Waals surface area (Å²) in [5.74, 6) is 0. The van der Waals surface area contributed by atoms with Crippen LogP contribution in [-0.2, 0) is 14.8 Å². The number of nitro groups is 1. The lowest BCUT2D eigenvalue weighted by Crippen LogP contribution is -2.41. The number of nitro benzene ring substituents is 1. The summed E-state index contributed by atoms with van der Waals surface area (Å²) in [5, 5.41) is 10.7. The van der Waals surface area contributed by atoms with Crippen molar-refractivity contribution in [3.05, 3.63) is 28.3 Å². The number of anilines is 1. The molecule has 9 heteroatoms. The minimum Gasteiger partial charge on any atom is -0.397 e. The summed E-state index contributed by atoms with van der Waals surface area (Å²) >= 11 is 0. The van der Waals surface area contributed by atoms with Crippen LogP contribution in [0.5, 0.6) is 0 Å². The van der Waals surface area contributed by atoms with Gasteiger partial charge in [-0.3, -0.25) is 10.1 Å². The minimum absolute atomic E-state index is 0.130. The predicted octanol–water partition coefficient (Wildman–Crippen LogP) is 0.975. The lowest BCUT2D eigenvalue weighted by Gasteiger charge is -2.26. The summed E-state index contributed by atoms with van der Waals surface area (Å²) in [6, 6.07) is 3.07. The van der Waals surface area contributed by atoms with Gasteiger partial charge in [0.2, 0.25) is 10.0 Å². The fourth-order valence-corrected chi connectivity index (χ4v) is 3.96. The minimum atomic E-state index is -3.82. The van der Waals surface area contributed by atoms with Crippen molar-refractivity contribution in [1.29, 1.82) is 0 Å². The number of nitrogen functional groups attached to an aromatic ring is 1. The molecule has 2 atom stereocenters. The molecule has 21 heavy (non-hydrogen) atoms. The van der Waals surface area contributed by atoms with Gasteiger partial charge in [-0.25, -0.2) is 8.42 Å². The van der Waals surface area contributed by atoms with Crippen molar-refractivity contribution < 1.29 is 18.1 Å². The number of hydrogen-bond acceptors (Lipinski definition) is 6. The van der Waals surface area contributed by atoms with E-state index in [4.69, 9.17) is 10.5 Å². The van der Waals surface area contributed by atoms with Crippen molar-refractivity contribution in [2.24, 2.45) is 0 Å². The summed E-state index contributed by atoms with van der Waals surface area (Å²) in [6.07, 6.45) is 0.396. The molecule has 1 aromatic rings. The van der Waals surface area contributed by atoms with E-state index in [9.17, 15) is 18.5 Å². The average molecular weight is 315 g/mol. The van der Waals surface area contributed by atoms with E-state index in [1.165, 1.54) is 17.4 Å². The molecule has 0 aliphatic carbocycles. The van der Waals surface area contributed by atoms with Crippen LogP contribution in [0.25, 0.3) is 0 Å². The van der Waals surface area contributed by atoms with Crippen molar-refractivity contribution >= 4 is 21.4 Å². The summed E-state index contributed by atoms with van der Waals surface area (Å²) < 4.78 is 31.8. The van der Waals surface area contributed by atoms with Gasteiger partial charge in [0.25, 0.3) is 5.69 Å². The van der Waals surface area contributed by atoms with E-state index in [2.05, 4.69) is 0 Å². The second kappa shape index (κ2) is 5.58. The number of rotatable bonds is 4. The molecule has 2 unspecified atom stereocenters. The van der Waals surface area contributed by atoms with E-state index in [0.29, 0.717) is 13.0 Å². The monoisotopic (exact) mass is 315 g/mol. The number of nitrogens with zero attached hydrogens (tertiary/aromatic N) is 2. The molecule has 1 saturated heterocycles. The quantitative estimate of drug-likeness (QED) is 0.503. The third kappa shape index (κ3) is 2.85. The van der Waals surface area contributed by atoms with Crippen LogP contribution in [0.2, 0.25) is 0 Å². The second-order valence-electron chi connectivity index (χ2n) is 4.93. The van der Waals surface area contributed by atoms with Crippen molar-refractivity contribution in [2.45, 2.75) is 30.4 Å². The highest BCUT2D eigenvalue weighted by molar-refractivity contribution is 7.89. The standard InChI is InChI=1S/C12H17N3O5S/c1-8-11(5-6-20-8)14(2)21(18,19)12-4-3-9(15(16)17)7-10(12)13/h3-4,7-8,11H,5-6,13H2,1-2H3. The van der Waals surface area contributed by atoms with Crippen molar-refractivity contribution in [3.8, 4) is 0 Å². The molecular formula is C12H17N3O5S. The molecule has 0 amide bonds. The Kier molecular flexibility index (Phi) is 4.17. The highest BCUT2D eigenvalue weighted by Gasteiger charge is 2.36. The van der Waals surface area contributed by atoms with Gasteiger partial charge in [0.15, 0.2) is 0 Å². The number of non-ortho nitro benzene ring substituents is 1. The van der Waals surface area contributed by atoms with E-state index in [0.717, 1.165) is 12.1 Å². The van der Waals surface area contributed by atoms with E-state index in [-0.39, 0.29) is 28.4 Å². The number of benzene rings is 1. The van der Waals surface area contributed by atoms with Gasteiger partial charge >= 0.3 is 0 Å². The second-order valence-corrected chi connectivity index (χ2v) is 6.90. The van der Waals surface area contributed by atoms with E-state index in [1.54, 1.807) is 0 Å². The zero-order valence-corrected chi connectivity index (χ0v) is 12.5. The molecule has 2 N–H and O–H groups in total. The predicted molar refractivity (Wildman–Crippen MR) is 76.3 cm³/mol. The maximum Gasteiger partial charge on any atom is 0.271 e. The van der Waals surface area contributed by atoms with E-state index < -0.39 is 14.9 Å². The van der Waals surface area contributed by atoms with Gasteiger partial charge in [-0.05, 0) is 19.4 Å². The summed E-state index contributed by atoms with van der Waals surface area (Å²) in [4.78, 5) is 9.92. The highest BCUT2D eigenvalue weighted by Crippen LogP contribution is 2.29. The zero-order valence-electron chi connectivity index (χ0n) is 11.7. The van der Waals surface area contributed by atoms with E-state index >= 15 is 0 Å². The third-order valence-electron chi connectivity index (χ3n) is 3.66. The number of sulfonamides is 1. The normalized spacial score (nSPS) is 22.6. The highest BCUT2D eigenvalue weighted by atomic mass is 32.2. The number of hydrogen-bond donors (Lipinski definition) is 1. The Morgan fingerprint density at radius 3 is 2.62 bits per heavy atom. The summed E-state index contributed by atoms with van der Waals surface area (Å²) in [5.41, 5.74) is 5.29. The Labute approximate surface area is 122 Å². The summed E-state index contributed by atoms with van der Waals surface area (Å²) in [6.45, 7) is 2.31. The van der Waals surface area contributed by atoms with Gasteiger partial charge in [-0.15, -0.1) is 0 Å². The molecule has 2 rings (SSSR count). The Hall–Kier alpha value is -1.71. The lowest BCUT2D eigenvalue weighted by atomic mass is 10.2. The first-order valence-electron chi connectivity index (χ1n) is 6.38. The van der Waals surface area contributed by atoms with Crippen LogP contribution >= 0.6 is 0 Å². The number of nitrogens with two attached hydrogens (primary N) is 1. The SMILES string of the molecule is CC1OCCC1N(C)S(=O)(=O)c1ccc([N+](=O)[O-])cc1N. The van der Waals surface area contributed by atoms with Gasteiger partial charge < -0.3 is 10.5 Å². The molecule has 1 aromatic carbocycles. The Balaban J connectivity index is 2.37. The first-order valence-corrected chi connectivity index (χ1v) is 7.82. The fraction of sp³-hybridized carbons (Fsp3) is 0.500. The van der Waals surface area contributed by atoms with Crippen molar-refractivity contribution in [1.82, 2.24) is 4.31 Å². The maximum absolute atomic E-state index is 12.6. The topological polar surface area (TPSA) is 116 Å². The zero-order chi connectivity index (χ0) is 15.8. The molecule has 0 bridgehead atoms. The van der Waals surface area contributed by atoms with Gasteiger partial charge in [-0.2, -0.15) is 4.31 Å². The first kappa shape index (κ1) is 15.7. The smallest absolute Gasteiger partial charge is 0.271 e. The van der Waals surface area contributed by atoms with Crippen LogP contribution in [0.4, 0.5) is 11.4 Å². The molecule has 8 nitrogen and oxygen atoms in total. The van der Waals surface area contributed by atoms with Crippen LogP contribution in [0, 0.1) is 10.1 Å². The van der Waals surface area contributed by atoms with E-state index in [1.807, 2.05) is 6.92 Å². The Bertz CT molecular complexity index is 661. The van der Waals surface area contributed by atoms with Gasteiger partial charge in [0.1, 0.15) is 4.90 Å². The van der Waals surface area contributed by atoms with Gasteiger partial charge in [0.05, 0.1) is 22.8 Å². The molecule has 0 saturated carbocycles. The van der Waals surface area contributed by atoms with Gasteiger partial charge in [-0.1, -0.05) is 0 Å². The van der Waals surface area contributed by atoms with Gasteiger partial charge in [0, 0.05) is 25.8 Å². The molecule has 1 heterocycles. The molecule has 116 valence electrons. The molecule has 0 spiro atoms. The third-order valence-corrected chi connectivity index (χ3v) is 5.62. The first-order chi connectivity index (χ1) is 9.75. The molecule has 1 aliphatic rings. The molecular weight excluding hydrogens is 298 g/mol. The molecule has 0 aromatic heterocycles. The van der Waals surface area contributed by atoms with Crippen LogP contribution in [0.15, 0.2) is 23.1 Å². The van der Waals surface area contributed by atoms with Crippen molar-refractivity contribution in [2.75, 3.05) is 19.4 Å². The molecule has 0 radical (unpaired) electrons. The molecule has 1 fully saturated rings. The van der Waals surface area contributed by atoms with Crippen molar-refractivity contribution in [3.63, 3.8) is 0 Å². The number of ether oxygens (including phenoxy) is 1. The lowest BCUT2D eigenvalue weighted by molar-refractivity contribution is -0.384. The van der Waals surface area contributed by atoms with Crippen LogP contribution in [0.3, 0.4) is 0 Å². The van der Waals surface area contributed by atoms with Crippen LogP contribution < -0.4 is 5.73 Å². The maximum atomic E-state index is 12.6. The van der Waals surface area contributed by atoms with Crippen LogP contribution in [0.1, 0.15) is 13.3 Å². The number of likely N-dealkylation sites (N-methyl/N-ethyl adjacent to an activating group) is 1. The average Bonchev–Trinajstić information content (AvgIpc) is 2.83. The fourth-order valence-electron chi connectivity index (χ4n) is 2.42.